The van der Waals surface area contributed by atoms with Gasteiger partial charge in [-0.3, -0.25) is 0 Å². The largest absolute Gasteiger partial charge is 0.396 e. The molecule has 0 heterocycles. The maximum atomic E-state index is 6.62. The summed E-state index contributed by atoms with van der Waals surface area (Å²) in [4.78, 5) is 0. The van der Waals surface area contributed by atoms with E-state index in [9.17, 15) is 0 Å². The Morgan fingerprint density at radius 3 is 3.11 bits per heavy atom. The smallest absolute Gasteiger partial charge is 0.210 e. The third-order valence-corrected chi connectivity index (χ3v) is 2.63. The Bertz CT molecular complexity index is 155. The number of rotatable bonds is 2. The molecule has 9 heavy (non-hydrogen) atoms. The van der Waals surface area contributed by atoms with E-state index in [1.165, 1.54) is 12.8 Å². The average Bonchev–Trinajstić information content (AvgIpc) is 2.48. The lowest BCUT2D eigenvalue weighted by Gasteiger charge is -2.13. The summed E-state index contributed by atoms with van der Waals surface area (Å²) in [5.74, 6) is 2.19. The summed E-state index contributed by atoms with van der Waals surface area (Å²) >= 11 is 0. The summed E-state index contributed by atoms with van der Waals surface area (Å²) < 4.78 is 6.62. The van der Waals surface area contributed by atoms with Crippen LogP contribution < -0.4 is 0 Å². The van der Waals surface area contributed by atoms with Gasteiger partial charge < -0.3 is 5.11 Å². The Balaban J connectivity index is 1.96. The lowest BCUT2D eigenvalue weighted by atomic mass is 9.95. The molecule has 1 saturated carbocycles. The number of hydrogen-bond donors (Lipinski definition) is 1. The first kappa shape index (κ1) is 4.51. The number of aliphatic hydroxyl groups is 1. The molecular weight excluding hydrogens is 112 g/mol. The van der Waals surface area contributed by atoms with Crippen LogP contribution in [0.3, 0.4) is 0 Å². The van der Waals surface area contributed by atoms with E-state index >= 15 is 0 Å². The molecule has 2 aliphatic rings. The van der Waals surface area contributed by atoms with Gasteiger partial charge in [-0.15, -0.1) is 0 Å². The molecule has 0 aromatic heterocycles. The van der Waals surface area contributed by atoms with Gasteiger partial charge in [-0.05, 0) is 30.6 Å². The van der Waals surface area contributed by atoms with Gasteiger partial charge >= 0.3 is 0 Å². The fourth-order valence-electron chi connectivity index (χ4n) is 2.09. The molecule has 1 heteroatoms. The van der Waals surface area contributed by atoms with Crippen molar-refractivity contribution in [1.29, 1.82) is 1.43 Å². The highest BCUT2D eigenvalue weighted by molar-refractivity contribution is 5.09. The molecule has 1 nitrogen and oxygen atoms in total. The monoisotopic (exact) mass is 126 g/mol. The summed E-state index contributed by atoms with van der Waals surface area (Å²) in [6.45, 7) is 0.630. The lowest BCUT2D eigenvalue weighted by molar-refractivity contribution is 0.207. The van der Waals surface area contributed by atoms with Crippen LogP contribution in [0.25, 0.3) is 0 Å². The van der Waals surface area contributed by atoms with Gasteiger partial charge in [0.15, 0.2) is 0 Å². The van der Waals surface area contributed by atoms with E-state index in [2.05, 4.69) is 17.3 Å². The predicted molar refractivity (Wildman–Crippen MR) is 35.9 cm³/mol. The topological polar surface area (TPSA) is 20.2 Å². The summed E-state index contributed by atoms with van der Waals surface area (Å²) in [7, 11) is 0. The highest BCUT2D eigenvalue weighted by Gasteiger charge is 2.34. The Kier molecular flexibility index (Phi) is 0.922. The maximum Gasteiger partial charge on any atom is 0.210 e. The molecular formula is C8H12O. The van der Waals surface area contributed by atoms with Gasteiger partial charge in [0.25, 0.3) is 0 Å². The molecule has 2 aliphatic carbocycles. The zero-order valence-corrected chi connectivity index (χ0v) is 5.42. The molecule has 50 valence electrons. The van der Waals surface area contributed by atoms with Gasteiger partial charge in [-0.25, -0.2) is 0 Å². The fraction of sp³-hybridized carbons (Fsp3) is 0.750. The van der Waals surface area contributed by atoms with Crippen molar-refractivity contribution in [3.63, 3.8) is 0 Å². The first-order valence-corrected chi connectivity index (χ1v) is 3.66. The second-order valence-corrected chi connectivity index (χ2v) is 3.21. The van der Waals surface area contributed by atoms with Crippen LogP contribution in [0.5, 0.6) is 0 Å². The van der Waals surface area contributed by atoms with Gasteiger partial charge in [-0.1, -0.05) is 12.2 Å². The van der Waals surface area contributed by atoms with Crippen molar-refractivity contribution in [2.24, 2.45) is 17.8 Å². The van der Waals surface area contributed by atoms with E-state index in [-0.39, 0.29) is 0 Å². The number of fused-ring (bicyclic) bond motifs is 2. The molecule has 0 aromatic rings. The molecule has 0 saturated heterocycles. The Morgan fingerprint density at radius 1 is 1.56 bits per heavy atom. The van der Waals surface area contributed by atoms with Crippen LogP contribution >= 0.6 is 0 Å². The molecule has 1 fully saturated rings. The summed E-state index contributed by atoms with van der Waals surface area (Å²) in [5.41, 5.74) is 0. The number of aliphatic hydroxyl groups excluding tert-OH is 1. The van der Waals surface area contributed by atoms with E-state index in [0.717, 1.165) is 11.8 Å². The third kappa shape index (κ3) is 0.715. The maximum absolute atomic E-state index is 6.62. The van der Waals surface area contributed by atoms with E-state index in [1.807, 2.05) is 0 Å². The van der Waals surface area contributed by atoms with Crippen LogP contribution in [0.15, 0.2) is 12.2 Å². The molecule has 1 N–H and O–H groups in total. The second kappa shape index (κ2) is 1.84. The number of allylic oxidation sites excluding steroid dienone is 2. The average molecular weight is 126 g/mol. The van der Waals surface area contributed by atoms with Gasteiger partial charge in [0, 0.05) is 6.61 Å². The minimum atomic E-state index is 0.630. The molecule has 2 bridgehead atoms. The minimum Gasteiger partial charge on any atom is -0.396 e. The van der Waals surface area contributed by atoms with Crippen LogP contribution in [-0.2, 0) is 0 Å². The van der Waals surface area contributed by atoms with Crippen molar-refractivity contribution >= 4 is 0 Å². The molecule has 1 unspecified atom stereocenters. The minimum absolute atomic E-state index is 0.630. The second-order valence-electron chi connectivity index (χ2n) is 3.21. The van der Waals surface area contributed by atoms with Crippen molar-refractivity contribution in [1.82, 2.24) is 0 Å². The first-order valence-electron chi connectivity index (χ1n) is 4.07. The Labute approximate surface area is 56.9 Å². The van der Waals surface area contributed by atoms with Gasteiger partial charge in [0.05, 0.1) is 0 Å². The molecule has 3 atom stereocenters. The summed E-state index contributed by atoms with van der Waals surface area (Å²) in [6, 6.07) is 0. The van der Waals surface area contributed by atoms with E-state index in [0.29, 0.717) is 12.5 Å². The van der Waals surface area contributed by atoms with E-state index < -0.39 is 0 Å². The van der Waals surface area contributed by atoms with Crippen molar-refractivity contribution in [2.45, 2.75) is 12.8 Å². The van der Waals surface area contributed by atoms with Crippen molar-refractivity contribution < 1.29 is 5.11 Å². The fourth-order valence-corrected chi connectivity index (χ4v) is 2.09. The summed E-state index contributed by atoms with van der Waals surface area (Å²) in [6.07, 6.45) is 7.16. The van der Waals surface area contributed by atoms with Crippen LogP contribution in [0.4, 0.5) is 0 Å². The zero-order valence-electron chi connectivity index (χ0n) is 6.42. The van der Waals surface area contributed by atoms with E-state index in [4.69, 9.17) is 1.43 Å². The van der Waals surface area contributed by atoms with Crippen molar-refractivity contribution in [2.75, 3.05) is 6.61 Å². The van der Waals surface area contributed by atoms with E-state index in [1.54, 1.807) is 0 Å². The first-order chi connectivity index (χ1) is 4.90. The zero-order chi connectivity index (χ0) is 6.97. The van der Waals surface area contributed by atoms with Crippen LogP contribution in [0, 0.1) is 17.8 Å². The Hall–Kier alpha value is -0.300. The highest BCUT2D eigenvalue weighted by Crippen LogP contribution is 2.42. The normalized spacial score (nSPS) is 48.0. The lowest BCUT2D eigenvalue weighted by Crippen LogP contribution is -2.10. The SMILES string of the molecule is [3H]OCC1C[C@H]2C=C[C@@H]1C2. The quantitative estimate of drug-likeness (QED) is 0.551. The standard InChI is InChI=1S/C8H12O/c9-5-8-4-6-1-2-7(8)3-6/h1-2,6-9H,3-5H2/t6-,7+,8?/m0/s1/i9T. The van der Waals surface area contributed by atoms with Crippen LogP contribution in [-0.4, -0.2) is 13.1 Å². The molecule has 0 amide bonds. The summed E-state index contributed by atoms with van der Waals surface area (Å²) in [5, 5.41) is 4.39. The number of hydrogen-bond acceptors (Lipinski definition) is 1. The third-order valence-electron chi connectivity index (χ3n) is 2.63. The molecule has 0 aliphatic heterocycles. The van der Waals surface area contributed by atoms with Crippen molar-refractivity contribution in [3.05, 3.63) is 12.2 Å². The Morgan fingerprint density at radius 2 is 2.56 bits per heavy atom. The van der Waals surface area contributed by atoms with Crippen LogP contribution in [0.2, 0.25) is 0 Å². The predicted octanol–water partition coefficient (Wildman–Crippen LogP) is 1.19. The molecule has 0 aromatic carbocycles. The molecule has 0 spiro atoms. The van der Waals surface area contributed by atoms with Crippen molar-refractivity contribution in [3.8, 4) is 0 Å². The van der Waals surface area contributed by atoms with Gasteiger partial charge in [-0.2, -0.15) is 0 Å². The molecule has 0 radical (unpaired) electrons. The van der Waals surface area contributed by atoms with Gasteiger partial charge in [0.2, 0.25) is 1.43 Å². The van der Waals surface area contributed by atoms with Gasteiger partial charge in [0.1, 0.15) is 0 Å². The van der Waals surface area contributed by atoms with Crippen LogP contribution in [0.1, 0.15) is 12.8 Å². The molecule has 2 rings (SSSR count). The highest BCUT2D eigenvalue weighted by atomic mass is 16.3.